The van der Waals surface area contributed by atoms with Crippen LogP contribution < -0.4 is 0 Å². The molecule has 1 saturated heterocycles. The van der Waals surface area contributed by atoms with Crippen LogP contribution in [0.1, 0.15) is 64.1 Å². The van der Waals surface area contributed by atoms with Crippen molar-refractivity contribution >= 4 is 11.9 Å². The van der Waals surface area contributed by atoms with Crippen LogP contribution in [0, 0.1) is 6.92 Å². The lowest BCUT2D eigenvalue weighted by molar-refractivity contribution is 0.0651. The molecule has 1 unspecified atom stereocenters. The molecule has 6 nitrogen and oxygen atoms in total. The summed E-state index contributed by atoms with van der Waals surface area (Å²) >= 11 is 0. The fourth-order valence-electron chi connectivity index (χ4n) is 3.09. The van der Waals surface area contributed by atoms with E-state index in [-0.39, 0.29) is 17.6 Å². The Bertz CT molecular complexity index is 736. The van der Waals surface area contributed by atoms with Crippen molar-refractivity contribution in [3.05, 3.63) is 53.2 Å². The van der Waals surface area contributed by atoms with Gasteiger partial charge in [-0.1, -0.05) is 12.8 Å². The van der Waals surface area contributed by atoms with Gasteiger partial charge in [0.25, 0.3) is 5.91 Å². The van der Waals surface area contributed by atoms with Crippen LogP contribution in [0.3, 0.4) is 0 Å². The average Bonchev–Trinajstić information content (AvgIpc) is 2.86. The molecule has 3 rings (SSSR count). The molecule has 1 fully saturated rings. The molecule has 0 aliphatic carbocycles. The summed E-state index contributed by atoms with van der Waals surface area (Å²) in [6.45, 7) is 2.55. The largest absolute Gasteiger partial charge is 0.477 e. The number of rotatable bonds is 3. The average molecular weight is 328 g/mol. The number of aromatic carboxylic acids is 1. The zero-order valence-electron chi connectivity index (χ0n) is 13.6. The van der Waals surface area contributed by atoms with Crippen molar-refractivity contribution in [3.63, 3.8) is 0 Å². The van der Waals surface area contributed by atoms with Crippen molar-refractivity contribution in [1.82, 2.24) is 9.88 Å². The zero-order chi connectivity index (χ0) is 17.1. The number of carboxylic acids is 1. The molecule has 6 heteroatoms. The molecule has 0 aromatic carbocycles. The summed E-state index contributed by atoms with van der Waals surface area (Å²) in [5.74, 6) is 0.389. The maximum Gasteiger partial charge on any atom is 0.354 e. The first-order chi connectivity index (χ1) is 11.6. The standard InChI is InChI=1S/C18H20N2O4/c1-12-6-9-16(24-12)15-5-3-2-4-10-20(15)17(21)13-7-8-14(18(22)23)19-11-13/h6-9,11,15H,2-5,10H2,1H3,(H,22,23). The van der Waals surface area contributed by atoms with Gasteiger partial charge < -0.3 is 14.4 Å². The molecule has 1 N–H and O–H groups in total. The van der Waals surface area contributed by atoms with Crippen molar-refractivity contribution in [3.8, 4) is 0 Å². The van der Waals surface area contributed by atoms with E-state index in [0.29, 0.717) is 12.1 Å². The van der Waals surface area contributed by atoms with Gasteiger partial charge in [0.1, 0.15) is 17.2 Å². The number of pyridine rings is 1. The van der Waals surface area contributed by atoms with Crippen LogP contribution in [0.25, 0.3) is 0 Å². The Morgan fingerprint density at radius 3 is 2.67 bits per heavy atom. The smallest absolute Gasteiger partial charge is 0.354 e. The minimum atomic E-state index is -1.10. The first-order valence-electron chi connectivity index (χ1n) is 8.13. The van der Waals surface area contributed by atoms with Gasteiger partial charge in [-0.2, -0.15) is 0 Å². The number of carbonyl (C=O) groups is 2. The first-order valence-corrected chi connectivity index (χ1v) is 8.13. The summed E-state index contributed by atoms with van der Waals surface area (Å²) in [6.07, 6.45) is 5.27. The predicted molar refractivity (Wildman–Crippen MR) is 86.9 cm³/mol. The minimum absolute atomic E-state index is 0.0689. The highest BCUT2D eigenvalue weighted by atomic mass is 16.4. The summed E-state index contributed by atoms with van der Waals surface area (Å²) in [4.78, 5) is 29.5. The number of carboxylic acid groups (broad SMARTS) is 1. The lowest BCUT2D eigenvalue weighted by Crippen LogP contribution is -2.34. The van der Waals surface area contributed by atoms with Crippen LogP contribution in [0.15, 0.2) is 34.9 Å². The van der Waals surface area contributed by atoms with Crippen molar-refractivity contribution in [2.24, 2.45) is 0 Å². The second kappa shape index (κ2) is 6.86. The number of aromatic nitrogens is 1. The highest BCUT2D eigenvalue weighted by molar-refractivity contribution is 5.95. The molecule has 0 spiro atoms. The van der Waals surface area contributed by atoms with Gasteiger partial charge in [0.05, 0.1) is 11.6 Å². The summed E-state index contributed by atoms with van der Waals surface area (Å²) in [7, 11) is 0. The van der Waals surface area contributed by atoms with Gasteiger partial charge in [-0.25, -0.2) is 9.78 Å². The SMILES string of the molecule is Cc1ccc(C2CCCCCN2C(=O)c2ccc(C(=O)O)nc2)o1. The van der Waals surface area contributed by atoms with E-state index in [0.717, 1.165) is 37.2 Å². The Morgan fingerprint density at radius 1 is 1.21 bits per heavy atom. The second-order valence-electron chi connectivity index (χ2n) is 6.05. The highest BCUT2D eigenvalue weighted by Crippen LogP contribution is 2.32. The van der Waals surface area contributed by atoms with Gasteiger partial charge in [-0.3, -0.25) is 4.79 Å². The molecule has 126 valence electrons. The van der Waals surface area contributed by atoms with Crippen molar-refractivity contribution in [1.29, 1.82) is 0 Å². The van der Waals surface area contributed by atoms with Gasteiger partial charge in [0, 0.05) is 12.7 Å². The molecule has 0 bridgehead atoms. The van der Waals surface area contributed by atoms with Gasteiger partial charge in [-0.15, -0.1) is 0 Å². The summed E-state index contributed by atoms with van der Waals surface area (Å²) < 4.78 is 5.76. The van der Waals surface area contributed by atoms with E-state index in [9.17, 15) is 9.59 Å². The van der Waals surface area contributed by atoms with E-state index in [1.165, 1.54) is 18.3 Å². The molecular formula is C18H20N2O4. The first kappa shape index (κ1) is 16.2. The quantitative estimate of drug-likeness (QED) is 0.933. The van der Waals surface area contributed by atoms with Crippen LogP contribution in [0.2, 0.25) is 0 Å². The van der Waals surface area contributed by atoms with Gasteiger partial charge >= 0.3 is 5.97 Å². The Labute approximate surface area is 140 Å². The van der Waals surface area contributed by atoms with Crippen LogP contribution in [-0.2, 0) is 0 Å². The van der Waals surface area contributed by atoms with Crippen molar-refractivity contribution < 1.29 is 19.1 Å². The van der Waals surface area contributed by atoms with Crippen LogP contribution in [0.5, 0.6) is 0 Å². The van der Waals surface area contributed by atoms with E-state index >= 15 is 0 Å². The number of aryl methyl sites for hydroxylation is 1. The van der Waals surface area contributed by atoms with E-state index in [4.69, 9.17) is 9.52 Å². The minimum Gasteiger partial charge on any atom is -0.477 e. The van der Waals surface area contributed by atoms with Gasteiger partial charge in [0.15, 0.2) is 0 Å². The normalized spacial score (nSPS) is 18.2. The fraction of sp³-hybridized carbons (Fsp3) is 0.389. The number of hydrogen-bond acceptors (Lipinski definition) is 4. The Kier molecular flexibility index (Phi) is 4.64. The molecule has 3 heterocycles. The highest BCUT2D eigenvalue weighted by Gasteiger charge is 2.29. The van der Waals surface area contributed by atoms with Crippen LogP contribution in [-0.4, -0.2) is 33.4 Å². The summed E-state index contributed by atoms with van der Waals surface area (Å²) in [5.41, 5.74) is 0.329. The number of amides is 1. The van der Waals surface area contributed by atoms with Crippen molar-refractivity contribution in [2.45, 2.75) is 38.6 Å². The predicted octanol–water partition coefficient (Wildman–Crippen LogP) is 3.44. The van der Waals surface area contributed by atoms with Gasteiger partial charge in [0.2, 0.25) is 0 Å². The zero-order valence-corrected chi connectivity index (χ0v) is 13.6. The Balaban J connectivity index is 1.88. The Hall–Kier alpha value is -2.63. The topological polar surface area (TPSA) is 83.6 Å². The van der Waals surface area contributed by atoms with E-state index in [2.05, 4.69) is 4.98 Å². The second-order valence-corrected chi connectivity index (χ2v) is 6.05. The fourth-order valence-corrected chi connectivity index (χ4v) is 3.09. The molecule has 2 aromatic rings. The number of furan rings is 1. The summed E-state index contributed by atoms with van der Waals surface area (Å²) in [6, 6.07) is 6.63. The lowest BCUT2D eigenvalue weighted by Gasteiger charge is -2.28. The summed E-state index contributed by atoms with van der Waals surface area (Å²) in [5, 5.41) is 8.92. The van der Waals surface area contributed by atoms with Crippen molar-refractivity contribution in [2.75, 3.05) is 6.54 Å². The number of carbonyl (C=O) groups excluding carboxylic acids is 1. The number of nitrogens with zero attached hydrogens (tertiary/aromatic N) is 2. The van der Waals surface area contributed by atoms with E-state index < -0.39 is 5.97 Å². The monoisotopic (exact) mass is 328 g/mol. The molecule has 0 saturated carbocycles. The molecule has 1 aliphatic rings. The molecule has 2 aromatic heterocycles. The molecule has 1 amide bonds. The third-order valence-corrected chi connectivity index (χ3v) is 4.33. The van der Waals surface area contributed by atoms with E-state index in [1.54, 1.807) is 0 Å². The molecular weight excluding hydrogens is 308 g/mol. The van der Waals surface area contributed by atoms with Crippen LogP contribution >= 0.6 is 0 Å². The molecule has 0 radical (unpaired) electrons. The van der Waals surface area contributed by atoms with Gasteiger partial charge in [-0.05, 0) is 44.0 Å². The van der Waals surface area contributed by atoms with E-state index in [1.807, 2.05) is 24.0 Å². The third kappa shape index (κ3) is 3.32. The third-order valence-electron chi connectivity index (χ3n) is 4.33. The number of likely N-dealkylation sites (tertiary alicyclic amines) is 1. The number of hydrogen-bond donors (Lipinski definition) is 1. The Morgan fingerprint density at radius 2 is 2.04 bits per heavy atom. The molecule has 1 aliphatic heterocycles. The maximum atomic E-state index is 12.9. The lowest BCUT2D eigenvalue weighted by atomic mass is 10.1. The maximum absolute atomic E-state index is 12.9. The molecule has 24 heavy (non-hydrogen) atoms. The molecule has 1 atom stereocenters. The van der Waals surface area contributed by atoms with Crippen LogP contribution in [0.4, 0.5) is 0 Å².